The van der Waals surface area contributed by atoms with Crippen molar-refractivity contribution in [3.05, 3.63) is 181 Å². The van der Waals surface area contributed by atoms with Crippen LogP contribution in [0.25, 0.3) is 0 Å². The van der Waals surface area contributed by atoms with E-state index in [-0.39, 0.29) is 29.3 Å². The van der Waals surface area contributed by atoms with Gasteiger partial charge in [0.15, 0.2) is 0 Å². The molecule has 7 rings (SSSR count). The molecule has 1 fully saturated rings. The van der Waals surface area contributed by atoms with Gasteiger partial charge in [0.2, 0.25) is 10.0 Å². The third kappa shape index (κ3) is 23.4. The lowest BCUT2D eigenvalue weighted by molar-refractivity contribution is -0.203. The molecule has 0 amide bonds. The van der Waals surface area contributed by atoms with Crippen LogP contribution >= 0.6 is 0 Å². The van der Waals surface area contributed by atoms with Gasteiger partial charge in [0.1, 0.15) is 41.3 Å². The topological polar surface area (TPSA) is 182 Å². The normalized spacial score (nSPS) is 12.2. The molecule has 0 saturated carbocycles. The molecule has 6 aromatic carbocycles. The number of hydrogen-bond acceptors (Lipinski definition) is 14. The maximum Gasteiger partial charge on any atom is 0.337 e. The van der Waals surface area contributed by atoms with E-state index >= 15 is 0 Å². The number of hydrogen-bond donors (Lipinski definition) is 1. The molecule has 0 aliphatic carbocycles. The van der Waals surface area contributed by atoms with Gasteiger partial charge in [-0.1, -0.05) is 86.5 Å². The van der Waals surface area contributed by atoms with Gasteiger partial charge >= 0.3 is 5.97 Å². The molecule has 1 heterocycles. The minimum atomic E-state index is -3.34. The van der Waals surface area contributed by atoms with Gasteiger partial charge in [0, 0.05) is 39.5 Å². The molecule has 6 aromatic rings. The Morgan fingerprint density at radius 1 is 0.674 bits per heavy atom. The SMILES string of the molecule is COC(=O)c1cc(C)cc(N(C)S(C)(=O)=O)c1.COC(C)(C)c1c(C)cc(C)cc1C.COCCOc1ccc(C)cc1C#N.COc1cc(C)ccc1C(C)(C)C.COc1cc(C)ccc1C1(OC)COC1.Cc1ccc(OC(C)C)c(CO)c1. The first-order chi connectivity index (χ1) is 40.2. The van der Waals surface area contributed by atoms with E-state index in [4.69, 9.17) is 48.3 Å². The molecule has 86 heavy (non-hydrogen) atoms. The molecule has 1 aliphatic heterocycles. The lowest BCUT2D eigenvalue weighted by Gasteiger charge is -2.41. The Hall–Kier alpha value is -6.97. The molecule has 16 heteroatoms. The molecule has 0 radical (unpaired) electrons. The molecule has 1 N–H and O–H groups in total. The van der Waals surface area contributed by atoms with Crippen LogP contribution in [-0.2, 0) is 56.9 Å². The van der Waals surface area contributed by atoms with Gasteiger partial charge in [-0.25, -0.2) is 13.2 Å². The summed E-state index contributed by atoms with van der Waals surface area (Å²) in [6.07, 6.45) is 1.25. The molecule has 0 aromatic heterocycles. The number of carbonyl (C=O) groups is 1. The largest absolute Gasteiger partial charge is 0.496 e. The van der Waals surface area contributed by atoms with Gasteiger partial charge in [-0.2, -0.15) is 5.26 Å². The van der Waals surface area contributed by atoms with Crippen molar-refractivity contribution >= 4 is 21.7 Å². The predicted octanol–water partition coefficient (Wildman–Crippen LogP) is 14.0. The number of aliphatic hydroxyl groups excluding tert-OH is 1. The number of esters is 1. The number of anilines is 1. The summed E-state index contributed by atoms with van der Waals surface area (Å²) in [7, 11) is 7.87. The highest BCUT2D eigenvalue weighted by molar-refractivity contribution is 7.92. The summed E-state index contributed by atoms with van der Waals surface area (Å²) in [5.74, 6) is 2.78. The zero-order valence-corrected chi connectivity index (χ0v) is 56.4. The molecule has 1 saturated heterocycles. The van der Waals surface area contributed by atoms with Gasteiger partial charge in [-0.05, 0) is 182 Å². The maximum atomic E-state index is 11.4. The number of ether oxygens (including phenoxy) is 9. The van der Waals surface area contributed by atoms with Gasteiger partial charge in [0.05, 0.1) is 82.5 Å². The monoisotopic (exact) mass is 1210 g/mol. The van der Waals surface area contributed by atoms with Gasteiger partial charge in [-0.3, -0.25) is 4.31 Å². The first-order valence-corrected chi connectivity index (χ1v) is 30.3. The van der Waals surface area contributed by atoms with Crippen molar-refractivity contribution in [3.63, 3.8) is 0 Å². The van der Waals surface area contributed by atoms with Crippen molar-refractivity contribution in [1.29, 1.82) is 5.26 Å². The number of aliphatic hydroxyl groups is 1. The molecule has 1 aliphatic rings. The van der Waals surface area contributed by atoms with Crippen LogP contribution in [0.4, 0.5) is 5.69 Å². The average molecular weight is 1210 g/mol. The zero-order valence-electron chi connectivity index (χ0n) is 55.6. The Kier molecular flexibility index (Phi) is 30.6. The van der Waals surface area contributed by atoms with Crippen LogP contribution in [0.2, 0.25) is 0 Å². The number of benzene rings is 6. The van der Waals surface area contributed by atoms with E-state index < -0.39 is 16.0 Å². The number of sulfonamides is 1. The van der Waals surface area contributed by atoms with Crippen molar-refractivity contribution in [3.8, 4) is 29.1 Å². The van der Waals surface area contributed by atoms with E-state index in [9.17, 15) is 13.2 Å². The molecule has 15 nitrogen and oxygen atoms in total. The van der Waals surface area contributed by atoms with E-state index in [0.29, 0.717) is 49.0 Å². The fourth-order valence-corrected chi connectivity index (χ4v) is 9.65. The molecule has 0 bridgehead atoms. The first-order valence-electron chi connectivity index (χ1n) is 28.4. The number of aryl methyl sites for hydroxylation is 8. The van der Waals surface area contributed by atoms with Gasteiger partial charge in [-0.15, -0.1) is 0 Å². The summed E-state index contributed by atoms with van der Waals surface area (Å²) in [5.41, 5.74) is 14.8. The molecule has 0 spiro atoms. The van der Waals surface area contributed by atoms with Crippen LogP contribution in [0.1, 0.15) is 131 Å². The van der Waals surface area contributed by atoms with Crippen LogP contribution < -0.4 is 23.3 Å². The number of carbonyl (C=O) groups excluding carboxylic acids is 1. The van der Waals surface area contributed by atoms with E-state index in [1.54, 1.807) is 54.6 Å². The lowest BCUT2D eigenvalue weighted by atomic mass is 9.86. The highest BCUT2D eigenvalue weighted by Crippen LogP contribution is 2.39. The van der Waals surface area contributed by atoms with E-state index in [1.165, 1.54) is 59.2 Å². The number of nitrogens with zero attached hydrogens (tertiary/aromatic N) is 2. The Bertz CT molecular complexity index is 3230. The molecule has 0 unspecified atom stereocenters. The third-order valence-electron chi connectivity index (χ3n) is 13.8. The summed E-state index contributed by atoms with van der Waals surface area (Å²) >= 11 is 0. The second-order valence-corrected chi connectivity index (χ2v) is 25.0. The highest BCUT2D eigenvalue weighted by atomic mass is 32.2. The second kappa shape index (κ2) is 35.0. The summed E-state index contributed by atoms with van der Waals surface area (Å²) in [6, 6.07) is 35.2. The number of methoxy groups -OCH3 is 6. The maximum absolute atomic E-state index is 11.4. The zero-order chi connectivity index (χ0) is 65.3. The lowest BCUT2D eigenvalue weighted by Crippen LogP contribution is -2.48. The fraction of sp³-hybridized carbons (Fsp3) is 0.457. The summed E-state index contributed by atoms with van der Waals surface area (Å²) < 4.78 is 71.3. The predicted molar refractivity (Wildman–Crippen MR) is 346 cm³/mol. The smallest absolute Gasteiger partial charge is 0.337 e. The second-order valence-electron chi connectivity index (χ2n) is 23.0. The molecular formula is C70H98N2O13S. The fourth-order valence-electron chi connectivity index (χ4n) is 9.16. The molecule has 0 atom stereocenters. The molecule has 472 valence electrons. The van der Waals surface area contributed by atoms with Crippen molar-refractivity contribution in [1.82, 2.24) is 0 Å². The van der Waals surface area contributed by atoms with Gasteiger partial charge in [0.25, 0.3) is 0 Å². The average Bonchev–Trinajstić information content (AvgIpc) is 1.02. The van der Waals surface area contributed by atoms with Crippen molar-refractivity contribution in [2.24, 2.45) is 0 Å². The summed E-state index contributed by atoms with van der Waals surface area (Å²) in [5, 5.41) is 17.9. The molecular weight excluding hydrogens is 1110 g/mol. The number of rotatable bonds is 16. The van der Waals surface area contributed by atoms with Crippen LogP contribution in [-0.4, -0.2) is 108 Å². The Morgan fingerprint density at radius 2 is 1.20 bits per heavy atom. The van der Waals surface area contributed by atoms with Crippen LogP contribution in [0.3, 0.4) is 0 Å². The minimum absolute atomic E-state index is 0.0315. The van der Waals surface area contributed by atoms with Crippen molar-refractivity contribution < 1.29 is 61.0 Å². The van der Waals surface area contributed by atoms with E-state index in [2.05, 4.69) is 116 Å². The van der Waals surface area contributed by atoms with Gasteiger partial charge < -0.3 is 47.7 Å². The quantitative estimate of drug-likeness (QED) is 0.0714. The standard InChI is InChI=1S/C13H20O.C12H16O3.C12H18O.C11H15NO4S.C11H13NO2.C11H16O2/c1-9-7-10(2)12(11(3)8-9)13(4,5)14-6;1-9-4-5-10(11(6-9)13-2)12(14-3)7-15-8-12;1-9-6-7-10(12(2,3)4)11(8-9)13-5;1-8-5-9(11(13)16-3)7-10(6-8)12(2)17(4,14)15;1-9-3-4-11(10(7-9)8-12)14-6-5-13-2;1-8(2)13-11-5-4-9(3)6-10(11)7-12/h7-8H,1-6H3;4-6H,7-8H2,1-3H3;6-8H,1-5H3;5-7H,1-4H3;3-4,7H,5-6H2,1-2H3;4-6,8,12H,7H2,1-3H3. The Morgan fingerprint density at radius 3 is 1.66 bits per heavy atom. The highest BCUT2D eigenvalue weighted by Gasteiger charge is 2.42. The first kappa shape index (κ1) is 75.1. The summed E-state index contributed by atoms with van der Waals surface area (Å²) in [4.78, 5) is 11.4. The van der Waals surface area contributed by atoms with Crippen LogP contribution in [0, 0.1) is 66.7 Å². The Balaban J connectivity index is 0.000000353. The third-order valence-corrected chi connectivity index (χ3v) is 15.0. The summed E-state index contributed by atoms with van der Waals surface area (Å²) in [6.45, 7) is 33.2. The number of nitriles is 1. The van der Waals surface area contributed by atoms with Crippen LogP contribution in [0.15, 0.2) is 103 Å². The van der Waals surface area contributed by atoms with E-state index in [1.807, 2.05) is 77.1 Å². The Labute approximate surface area is 515 Å². The van der Waals surface area contributed by atoms with Crippen molar-refractivity contribution in [2.75, 3.05) is 86.7 Å². The minimum Gasteiger partial charge on any atom is -0.496 e. The van der Waals surface area contributed by atoms with E-state index in [0.717, 1.165) is 55.6 Å². The van der Waals surface area contributed by atoms with Crippen molar-refractivity contribution in [2.45, 2.75) is 133 Å². The van der Waals surface area contributed by atoms with Crippen LogP contribution in [0.5, 0.6) is 23.0 Å².